The second-order valence-electron chi connectivity index (χ2n) is 9.66. The Bertz CT molecular complexity index is 758. The first-order valence-electron chi connectivity index (χ1n) is 11.4. The van der Waals surface area contributed by atoms with E-state index in [0.717, 1.165) is 25.7 Å². The van der Waals surface area contributed by atoms with E-state index in [-0.39, 0.29) is 46.9 Å². The van der Waals surface area contributed by atoms with Gasteiger partial charge in [-0.25, -0.2) is 0 Å². The highest BCUT2D eigenvalue weighted by Gasteiger charge is 2.53. The normalized spacial score (nSPS) is 33.8. The molecule has 2 fully saturated rings. The molecule has 2 aliphatic carbocycles. The average molecular weight is 432 g/mol. The van der Waals surface area contributed by atoms with Crippen molar-refractivity contribution in [3.63, 3.8) is 0 Å². The summed E-state index contributed by atoms with van der Waals surface area (Å²) in [6.45, 7) is 7.26. The molecule has 0 aliphatic heterocycles. The first kappa shape index (κ1) is 23.7. The third-order valence-corrected chi connectivity index (χ3v) is 7.81. The Hall–Kier alpha value is -1.99. The highest BCUT2D eigenvalue weighted by molar-refractivity contribution is 5.94. The van der Waals surface area contributed by atoms with Crippen LogP contribution in [0.4, 0.5) is 0 Å². The number of aromatic nitrogens is 1. The molecule has 1 aromatic rings. The van der Waals surface area contributed by atoms with Crippen LogP contribution in [0, 0.1) is 29.1 Å². The monoisotopic (exact) mass is 431 g/mol. The number of ether oxygens (including phenoxy) is 1. The summed E-state index contributed by atoms with van der Waals surface area (Å²) in [5.74, 6) is -0.331. The number of aliphatic hydroxyl groups excluding tert-OH is 1. The molecular formula is C24H37N3O4. The molecule has 3 rings (SSSR count). The van der Waals surface area contributed by atoms with Crippen molar-refractivity contribution in [2.75, 3.05) is 20.3 Å². The van der Waals surface area contributed by atoms with Crippen molar-refractivity contribution in [1.29, 1.82) is 0 Å². The summed E-state index contributed by atoms with van der Waals surface area (Å²) in [4.78, 5) is 29.3. The SMILES string of the molecule is COCCNC(=O)[C@@H](C)[C@H]1CC[C@]2(C)CC[C@H](NC(=O)c3ccncc3)[C@H](C)[C@@H]2[C@H]1O. The molecule has 0 spiro atoms. The molecule has 0 aromatic carbocycles. The zero-order valence-corrected chi connectivity index (χ0v) is 19.1. The molecule has 1 aromatic heterocycles. The lowest BCUT2D eigenvalue weighted by atomic mass is 9.51. The third kappa shape index (κ3) is 5.09. The predicted octanol–water partition coefficient (Wildman–Crippen LogP) is 2.40. The minimum Gasteiger partial charge on any atom is -0.392 e. The average Bonchev–Trinajstić information content (AvgIpc) is 2.76. The lowest BCUT2D eigenvalue weighted by Crippen LogP contribution is -2.58. The van der Waals surface area contributed by atoms with E-state index in [4.69, 9.17) is 4.74 Å². The second kappa shape index (κ2) is 10.1. The highest BCUT2D eigenvalue weighted by atomic mass is 16.5. The van der Waals surface area contributed by atoms with Crippen LogP contribution >= 0.6 is 0 Å². The fourth-order valence-electron chi connectivity index (χ4n) is 5.88. The van der Waals surface area contributed by atoms with E-state index < -0.39 is 6.10 Å². The van der Waals surface area contributed by atoms with Crippen LogP contribution in [0.25, 0.3) is 0 Å². The van der Waals surface area contributed by atoms with Gasteiger partial charge in [0.05, 0.1) is 12.7 Å². The van der Waals surface area contributed by atoms with Crippen LogP contribution in [-0.2, 0) is 9.53 Å². The van der Waals surface area contributed by atoms with Gasteiger partial charge < -0.3 is 20.5 Å². The molecule has 7 nitrogen and oxygen atoms in total. The van der Waals surface area contributed by atoms with E-state index in [1.165, 1.54) is 0 Å². The molecule has 2 saturated carbocycles. The van der Waals surface area contributed by atoms with Crippen molar-refractivity contribution in [2.45, 2.75) is 58.6 Å². The molecule has 0 radical (unpaired) electrons. The molecular weight excluding hydrogens is 394 g/mol. The number of aliphatic hydroxyl groups is 1. The zero-order chi connectivity index (χ0) is 22.6. The van der Waals surface area contributed by atoms with Gasteiger partial charge in [0.25, 0.3) is 5.91 Å². The van der Waals surface area contributed by atoms with Crippen molar-refractivity contribution in [3.8, 4) is 0 Å². The molecule has 0 bridgehead atoms. The van der Waals surface area contributed by atoms with Crippen molar-refractivity contribution >= 4 is 11.8 Å². The van der Waals surface area contributed by atoms with Crippen molar-refractivity contribution < 1.29 is 19.4 Å². The minimum atomic E-state index is -0.572. The van der Waals surface area contributed by atoms with Gasteiger partial charge in [-0.05, 0) is 61.0 Å². The van der Waals surface area contributed by atoms with Gasteiger partial charge in [0.15, 0.2) is 0 Å². The number of amides is 2. The van der Waals surface area contributed by atoms with E-state index in [0.29, 0.717) is 18.7 Å². The molecule has 2 amide bonds. The lowest BCUT2D eigenvalue weighted by Gasteiger charge is -2.56. The number of rotatable bonds is 7. The zero-order valence-electron chi connectivity index (χ0n) is 19.1. The van der Waals surface area contributed by atoms with Gasteiger partial charge in [-0.2, -0.15) is 0 Å². The summed E-state index contributed by atoms with van der Waals surface area (Å²) >= 11 is 0. The number of carbonyl (C=O) groups is 2. The van der Waals surface area contributed by atoms with E-state index in [1.807, 2.05) is 6.92 Å². The summed E-state index contributed by atoms with van der Waals surface area (Å²) in [5.41, 5.74) is 0.624. The maximum atomic E-state index is 12.7. The molecule has 172 valence electrons. The Morgan fingerprint density at radius 1 is 1.29 bits per heavy atom. The van der Waals surface area contributed by atoms with Gasteiger partial charge in [0.2, 0.25) is 5.91 Å². The Kier molecular flexibility index (Phi) is 7.70. The largest absolute Gasteiger partial charge is 0.392 e. The Morgan fingerprint density at radius 3 is 2.65 bits per heavy atom. The van der Waals surface area contributed by atoms with Gasteiger partial charge in [0.1, 0.15) is 0 Å². The molecule has 3 N–H and O–H groups in total. The molecule has 0 saturated heterocycles. The number of hydrogen-bond acceptors (Lipinski definition) is 5. The molecule has 7 heteroatoms. The number of methoxy groups -OCH3 is 1. The molecule has 7 atom stereocenters. The number of carbonyl (C=O) groups excluding carboxylic acids is 2. The topological polar surface area (TPSA) is 101 Å². The lowest BCUT2D eigenvalue weighted by molar-refractivity contribution is -0.142. The smallest absolute Gasteiger partial charge is 0.251 e. The number of hydrogen-bond donors (Lipinski definition) is 3. The molecule has 2 aliphatic rings. The van der Waals surface area contributed by atoms with Gasteiger partial charge in [0, 0.05) is 43.6 Å². The predicted molar refractivity (Wildman–Crippen MR) is 118 cm³/mol. The fraction of sp³-hybridized carbons (Fsp3) is 0.708. The summed E-state index contributed by atoms with van der Waals surface area (Å²) in [7, 11) is 1.61. The second-order valence-corrected chi connectivity index (χ2v) is 9.66. The van der Waals surface area contributed by atoms with E-state index in [9.17, 15) is 14.7 Å². The summed E-state index contributed by atoms with van der Waals surface area (Å²) in [6.07, 6.45) is 6.35. The van der Waals surface area contributed by atoms with E-state index in [1.54, 1.807) is 31.6 Å². The maximum absolute atomic E-state index is 12.7. The van der Waals surface area contributed by atoms with E-state index >= 15 is 0 Å². The Morgan fingerprint density at radius 2 is 1.97 bits per heavy atom. The number of pyridine rings is 1. The van der Waals surface area contributed by atoms with Gasteiger partial charge in [-0.1, -0.05) is 20.8 Å². The molecule has 0 unspecified atom stereocenters. The van der Waals surface area contributed by atoms with Gasteiger partial charge in [-0.15, -0.1) is 0 Å². The summed E-state index contributed by atoms with van der Waals surface area (Å²) in [5, 5.41) is 17.5. The number of nitrogens with one attached hydrogen (secondary N) is 2. The summed E-state index contributed by atoms with van der Waals surface area (Å²) in [6, 6.07) is 3.42. The Labute approximate surface area is 185 Å². The first-order valence-corrected chi connectivity index (χ1v) is 11.4. The molecule has 31 heavy (non-hydrogen) atoms. The van der Waals surface area contributed by atoms with Crippen LogP contribution in [0.15, 0.2) is 24.5 Å². The Balaban J connectivity index is 1.70. The van der Waals surface area contributed by atoms with Gasteiger partial charge >= 0.3 is 0 Å². The van der Waals surface area contributed by atoms with Crippen LogP contribution in [-0.4, -0.2) is 54.3 Å². The fourth-order valence-corrected chi connectivity index (χ4v) is 5.88. The third-order valence-electron chi connectivity index (χ3n) is 7.81. The van der Waals surface area contributed by atoms with E-state index in [2.05, 4.69) is 29.5 Å². The van der Waals surface area contributed by atoms with Crippen LogP contribution in [0.1, 0.15) is 56.8 Å². The number of nitrogens with zero attached hydrogens (tertiary/aromatic N) is 1. The van der Waals surface area contributed by atoms with Crippen LogP contribution in [0.5, 0.6) is 0 Å². The van der Waals surface area contributed by atoms with Crippen molar-refractivity contribution in [2.24, 2.45) is 29.1 Å². The minimum absolute atomic E-state index is 0.00187. The quantitative estimate of drug-likeness (QED) is 0.576. The maximum Gasteiger partial charge on any atom is 0.251 e. The molecule has 1 heterocycles. The van der Waals surface area contributed by atoms with Crippen molar-refractivity contribution in [1.82, 2.24) is 15.6 Å². The standard InChI is InChI=1S/C24H37N3O4/c1-15(22(29)26-13-14-31-4)18-5-9-24(3)10-6-19(16(2)20(24)21(18)28)27-23(30)17-7-11-25-12-8-17/h7-8,11-12,15-16,18-21,28H,5-6,9-10,13-14H2,1-4H3,(H,26,29)(H,27,30)/t15-,16-,18+,19-,20+,21-,24+/m0/s1. The first-order chi connectivity index (χ1) is 14.8. The highest BCUT2D eigenvalue weighted by Crippen LogP contribution is 2.55. The van der Waals surface area contributed by atoms with Gasteiger partial charge in [-0.3, -0.25) is 14.6 Å². The van der Waals surface area contributed by atoms with Crippen molar-refractivity contribution in [3.05, 3.63) is 30.1 Å². The van der Waals surface area contributed by atoms with Crippen LogP contribution in [0.3, 0.4) is 0 Å². The summed E-state index contributed by atoms with van der Waals surface area (Å²) < 4.78 is 5.01. The van der Waals surface area contributed by atoms with Crippen LogP contribution < -0.4 is 10.6 Å². The number of fused-ring (bicyclic) bond motifs is 1. The van der Waals surface area contributed by atoms with Crippen LogP contribution in [0.2, 0.25) is 0 Å².